The third kappa shape index (κ3) is 5.10. The van der Waals surface area contributed by atoms with Crippen LogP contribution in [0.3, 0.4) is 0 Å². The van der Waals surface area contributed by atoms with Gasteiger partial charge in [-0.3, -0.25) is 9.36 Å². The topological polar surface area (TPSA) is 59.8 Å². The Morgan fingerprint density at radius 3 is 2.16 bits per heavy atom. The van der Waals surface area contributed by atoms with E-state index in [1.807, 2.05) is 12.1 Å². The van der Waals surface area contributed by atoms with Crippen LogP contribution >= 0.6 is 23.4 Å². The van der Waals surface area contributed by atoms with E-state index in [-0.39, 0.29) is 23.3 Å². The van der Waals surface area contributed by atoms with Gasteiger partial charge < -0.3 is 5.32 Å². The second kappa shape index (κ2) is 9.28. The summed E-state index contributed by atoms with van der Waals surface area (Å²) in [7, 11) is 0. The number of benzene rings is 3. The smallest absolute Gasteiger partial charge is 0.234 e. The van der Waals surface area contributed by atoms with Crippen molar-refractivity contribution in [2.45, 2.75) is 5.16 Å². The molecule has 0 aliphatic rings. The number of carbonyl (C=O) groups excluding carboxylic acids is 1. The number of nitrogens with zero attached hydrogens (tertiary/aromatic N) is 3. The quantitative estimate of drug-likeness (QED) is 0.384. The van der Waals surface area contributed by atoms with E-state index in [0.717, 1.165) is 5.56 Å². The third-order valence-corrected chi connectivity index (χ3v) is 5.46. The number of rotatable bonds is 6. The van der Waals surface area contributed by atoms with Crippen molar-refractivity contribution in [1.82, 2.24) is 14.8 Å². The molecule has 1 heterocycles. The molecule has 4 aromatic rings. The van der Waals surface area contributed by atoms with Gasteiger partial charge in [0, 0.05) is 22.0 Å². The minimum Gasteiger partial charge on any atom is -0.325 e. The SMILES string of the molecule is O=C(CSc1nnc(-c2ccc(Cl)cc2)n1-c1ccc(F)cc1)Nc1ccc(F)cc1. The molecule has 156 valence electrons. The van der Waals surface area contributed by atoms with Crippen molar-refractivity contribution >= 4 is 35.0 Å². The number of nitrogens with one attached hydrogen (secondary N) is 1. The van der Waals surface area contributed by atoms with Gasteiger partial charge in [-0.15, -0.1) is 10.2 Å². The van der Waals surface area contributed by atoms with E-state index in [1.165, 1.54) is 48.2 Å². The minimum atomic E-state index is -0.380. The summed E-state index contributed by atoms with van der Waals surface area (Å²) in [4.78, 5) is 12.3. The Bertz CT molecular complexity index is 1200. The highest BCUT2D eigenvalue weighted by Crippen LogP contribution is 2.29. The number of carbonyl (C=O) groups is 1. The van der Waals surface area contributed by atoms with Crippen molar-refractivity contribution in [2.75, 3.05) is 11.1 Å². The number of amides is 1. The fourth-order valence-corrected chi connectivity index (χ4v) is 3.71. The first kappa shape index (κ1) is 21.0. The lowest BCUT2D eigenvalue weighted by atomic mass is 10.2. The van der Waals surface area contributed by atoms with E-state index in [1.54, 1.807) is 28.8 Å². The van der Waals surface area contributed by atoms with Crippen molar-refractivity contribution < 1.29 is 13.6 Å². The van der Waals surface area contributed by atoms with Gasteiger partial charge >= 0.3 is 0 Å². The molecule has 1 N–H and O–H groups in total. The highest BCUT2D eigenvalue weighted by atomic mass is 35.5. The Labute approximate surface area is 186 Å². The monoisotopic (exact) mass is 456 g/mol. The van der Waals surface area contributed by atoms with E-state index >= 15 is 0 Å². The molecule has 0 radical (unpaired) electrons. The van der Waals surface area contributed by atoms with Crippen LogP contribution in [0.1, 0.15) is 0 Å². The molecular formula is C22H15ClF2N4OS. The van der Waals surface area contributed by atoms with Crippen LogP contribution in [0.25, 0.3) is 17.1 Å². The molecule has 0 unspecified atom stereocenters. The summed E-state index contributed by atoms with van der Waals surface area (Å²) in [6.07, 6.45) is 0. The number of halogens is 3. The molecule has 31 heavy (non-hydrogen) atoms. The van der Waals surface area contributed by atoms with Gasteiger partial charge in [-0.05, 0) is 72.8 Å². The van der Waals surface area contributed by atoms with Gasteiger partial charge in [0.25, 0.3) is 0 Å². The van der Waals surface area contributed by atoms with Crippen molar-refractivity contribution in [3.05, 3.63) is 89.5 Å². The largest absolute Gasteiger partial charge is 0.325 e. The fourth-order valence-electron chi connectivity index (χ4n) is 2.83. The second-order valence-electron chi connectivity index (χ2n) is 6.47. The number of anilines is 1. The summed E-state index contributed by atoms with van der Waals surface area (Å²) >= 11 is 7.16. The Kier molecular flexibility index (Phi) is 6.29. The molecule has 1 amide bonds. The molecule has 4 rings (SSSR count). The lowest BCUT2D eigenvalue weighted by Crippen LogP contribution is -2.14. The molecule has 0 aliphatic heterocycles. The number of thioether (sulfide) groups is 1. The summed E-state index contributed by atoms with van der Waals surface area (Å²) in [6, 6.07) is 18.5. The summed E-state index contributed by atoms with van der Waals surface area (Å²) in [5, 5.41) is 12.2. The summed E-state index contributed by atoms with van der Waals surface area (Å²) in [5.74, 6) is -0.438. The number of aromatic nitrogens is 3. The Morgan fingerprint density at radius 1 is 0.903 bits per heavy atom. The van der Waals surface area contributed by atoms with Gasteiger partial charge in [-0.2, -0.15) is 0 Å². The highest BCUT2D eigenvalue weighted by molar-refractivity contribution is 7.99. The maximum atomic E-state index is 13.4. The Balaban J connectivity index is 1.59. The third-order valence-electron chi connectivity index (χ3n) is 4.28. The van der Waals surface area contributed by atoms with Crippen LogP contribution < -0.4 is 5.32 Å². The second-order valence-corrected chi connectivity index (χ2v) is 7.85. The van der Waals surface area contributed by atoms with Crippen LogP contribution in [0.2, 0.25) is 5.02 Å². The zero-order chi connectivity index (χ0) is 21.8. The van der Waals surface area contributed by atoms with Gasteiger partial charge in [0.2, 0.25) is 5.91 Å². The predicted octanol–water partition coefficient (Wildman–Crippen LogP) is 5.60. The van der Waals surface area contributed by atoms with E-state index < -0.39 is 0 Å². The van der Waals surface area contributed by atoms with Crippen molar-refractivity contribution in [2.24, 2.45) is 0 Å². The molecule has 5 nitrogen and oxygen atoms in total. The van der Waals surface area contributed by atoms with Crippen LogP contribution in [-0.2, 0) is 4.79 Å². The molecule has 3 aromatic carbocycles. The van der Waals surface area contributed by atoms with Gasteiger partial charge in [0.05, 0.1) is 5.75 Å². The maximum absolute atomic E-state index is 13.4. The van der Waals surface area contributed by atoms with E-state index in [2.05, 4.69) is 15.5 Å². The van der Waals surface area contributed by atoms with Crippen molar-refractivity contribution in [3.63, 3.8) is 0 Å². The number of hydrogen-bond acceptors (Lipinski definition) is 4. The molecule has 0 bridgehead atoms. The maximum Gasteiger partial charge on any atom is 0.234 e. The zero-order valence-corrected chi connectivity index (χ0v) is 17.5. The van der Waals surface area contributed by atoms with Gasteiger partial charge in [0.1, 0.15) is 11.6 Å². The first-order chi connectivity index (χ1) is 15.0. The highest BCUT2D eigenvalue weighted by Gasteiger charge is 2.17. The molecule has 0 atom stereocenters. The average Bonchev–Trinajstić information content (AvgIpc) is 3.19. The van der Waals surface area contributed by atoms with Crippen molar-refractivity contribution in [3.8, 4) is 17.1 Å². The molecule has 9 heteroatoms. The van der Waals surface area contributed by atoms with Crippen LogP contribution in [0.15, 0.2) is 78.0 Å². The minimum absolute atomic E-state index is 0.0529. The van der Waals surface area contributed by atoms with E-state index in [9.17, 15) is 13.6 Å². The lowest BCUT2D eigenvalue weighted by molar-refractivity contribution is -0.113. The average molecular weight is 457 g/mol. The molecule has 0 spiro atoms. The van der Waals surface area contributed by atoms with Gasteiger partial charge in [-0.1, -0.05) is 23.4 Å². The first-order valence-electron chi connectivity index (χ1n) is 9.15. The van der Waals surface area contributed by atoms with Gasteiger partial charge in [0.15, 0.2) is 11.0 Å². The molecule has 0 saturated carbocycles. The number of hydrogen-bond donors (Lipinski definition) is 1. The van der Waals surface area contributed by atoms with Crippen molar-refractivity contribution in [1.29, 1.82) is 0 Å². The Hall–Kier alpha value is -3.23. The van der Waals surface area contributed by atoms with E-state index in [0.29, 0.717) is 27.4 Å². The summed E-state index contributed by atoms with van der Waals surface area (Å²) < 4.78 is 28.2. The first-order valence-corrected chi connectivity index (χ1v) is 10.5. The summed E-state index contributed by atoms with van der Waals surface area (Å²) in [5.41, 5.74) is 1.91. The normalized spacial score (nSPS) is 10.8. The van der Waals surface area contributed by atoms with Crippen LogP contribution in [0, 0.1) is 11.6 Å². The van der Waals surface area contributed by atoms with Crippen LogP contribution in [0.4, 0.5) is 14.5 Å². The zero-order valence-electron chi connectivity index (χ0n) is 15.9. The molecule has 1 aromatic heterocycles. The lowest BCUT2D eigenvalue weighted by Gasteiger charge is -2.11. The molecule has 0 saturated heterocycles. The Morgan fingerprint density at radius 2 is 1.52 bits per heavy atom. The molecular weight excluding hydrogens is 442 g/mol. The standard InChI is InChI=1S/C22H15ClF2N4OS/c23-15-3-1-14(2-4-15)21-27-28-22(29(21)19-11-7-17(25)8-12-19)31-13-20(30)26-18-9-5-16(24)6-10-18/h1-12H,13H2,(H,26,30). The summed E-state index contributed by atoms with van der Waals surface area (Å²) in [6.45, 7) is 0. The van der Waals surface area contributed by atoms with E-state index in [4.69, 9.17) is 11.6 Å². The van der Waals surface area contributed by atoms with Crippen LogP contribution in [0.5, 0.6) is 0 Å². The predicted molar refractivity (Wildman–Crippen MR) is 118 cm³/mol. The fraction of sp³-hybridized carbons (Fsp3) is 0.0455. The molecule has 0 aliphatic carbocycles. The molecule has 0 fully saturated rings. The van der Waals surface area contributed by atoms with Gasteiger partial charge in [-0.25, -0.2) is 8.78 Å². The van der Waals surface area contributed by atoms with Crippen LogP contribution in [-0.4, -0.2) is 26.4 Å².